The third-order valence-electron chi connectivity index (χ3n) is 7.07. The maximum atomic E-state index is 12.7. The molecule has 0 radical (unpaired) electrons. The van der Waals surface area contributed by atoms with Gasteiger partial charge in [-0.2, -0.15) is 5.26 Å². The molecule has 2 aliphatic rings. The van der Waals surface area contributed by atoms with Gasteiger partial charge in [0.05, 0.1) is 11.6 Å². The molecular formula is C25H25N3O3. The Morgan fingerprint density at radius 2 is 1.97 bits per heavy atom. The summed E-state index contributed by atoms with van der Waals surface area (Å²) in [6, 6.07) is 15.4. The number of oxazole rings is 1. The van der Waals surface area contributed by atoms with E-state index in [1.807, 2.05) is 36.4 Å². The van der Waals surface area contributed by atoms with Gasteiger partial charge in [0.2, 0.25) is 5.91 Å². The lowest BCUT2D eigenvalue weighted by molar-refractivity contribution is -0.126. The number of hydrogen-bond acceptors (Lipinski definition) is 4. The summed E-state index contributed by atoms with van der Waals surface area (Å²) in [5.41, 5.74) is 4.31. The van der Waals surface area contributed by atoms with Crippen molar-refractivity contribution in [3.63, 3.8) is 0 Å². The number of carbonyl (C=O) groups excluding carboxylic acids is 1. The summed E-state index contributed by atoms with van der Waals surface area (Å²) in [5, 5.41) is 12.5. The minimum Gasteiger partial charge on any atom is -0.408 e. The molecule has 158 valence electrons. The zero-order valence-corrected chi connectivity index (χ0v) is 17.5. The largest absolute Gasteiger partial charge is 0.419 e. The average Bonchev–Trinajstić information content (AvgIpc) is 3.49. The van der Waals surface area contributed by atoms with E-state index in [0.717, 1.165) is 35.0 Å². The second kappa shape index (κ2) is 7.73. The lowest BCUT2D eigenvalue weighted by Crippen LogP contribution is -2.40. The summed E-state index contributed by atoms with van der Waals surface area (Å²) < 4.78 is 6.68. The van der Waals surface area contributed by atoms with Crippen molar-refractivity contribution in [2.45, 2.75) is 38.1 Å². The highest BCUT2D eigenvalue weighted by molar-refractivity contribution is 5.81. The smallest absolute Gasteiger partial charge is 0.408 e. The standard InChI is InChI=1S/C25H25N3O3/c1-28-22-13-18(8-9-23(22)31-25(28)30)17-5-2-15(3-6-17)11-20(14-26)27-24(29)21-12-16-4-7-19(21)10-16/h2-3,5-6,8-9,13,16,19-21H,4,7,10-12H2,1H3,(H,27,29)/t16-,19+,20+,21+/m1/s1. The fraction of sp³-hybridized carbons (Fsp3) is 0.400. The monoisotopic (exact) mass is 415 g/mol. The molecule has 6 nitrogen and oxygen atoms in total. The van der Waals surface area contributed by atoms with Gasteiger partial charge in [0.1, 0.15) is 6.04 Å². The van der Waals surface area contributed by atoms with Crippen LogP contribution in [0.3, 0.4) is 0 Å². The quantitative estimate of drug-likeness (QED) is 0.687. The van der Waals surface area contributed by atoms with Crippen molar-refractivity contribution < 1.29 is 9.21 Å². The van der Waals surface area contributed by atoms with Crippen LogP contribution in [0.5, 0.6) is 0 Å². The van der Waals surface area contributed by atoms with Gasteiger partial charge in [-0.15, -0.1) is 0 Å². The summed E-state index contributed by atoms with van der Waals surface area (Å²) in [7, 11) is 1.69. The van der Waals surface area contributed by atoms with E-state index in [2.05, 4.69) is 11.4 Å². The minimum absolute atomic E-state index is 0.0504. The van der Waals surface area contributed by atoms with Gasteiger partial charge in [-0.25, -0.2) is 4.79 Å². The molecule has 2 bridgehead atoms. The van der Waals surface area contributed by atoms with E-state index in [1.54, 1.807) is 13.1 Å². The summed E-state index contributed by atoms with van der Waals surface area (Å²) in [5.74, 6) is 0.978. The molecule has 0 unspecified atom stereocenters. The molecule has 2 fully saturated rings. The van der Waals surface area contributed by atoms with Crippen LogP contribution in [-0.4, -0.2) is 16.5 Å². The first kappa shape index (κ1) is 19.6. The predicted octanol–water partition coefficient (Wildman–Crippen LogP) is 3.79. The number of aromatic nitrogens is 1. The normalized spacial score (nSPS) is 23.0. The topological polar surface area (TPSA) is 88.0 Å². The molecule has 31 heavy (non-hydrogen) atoms. The zero-order chi connectivity index (χ0) is 21.5. The Labute approximate surface area is 180 Å². The molecule has 2 saturated carbocycles. The van der Waals surface area contributed by atoms with Crippen molar-refractivity contribution >= 4 is 17.0 Å². The Morgan fingerprint density at radius 1 is 1.19 bits per heavy atom. The lowest BCUT2D eigenvalue weighted by atomic mass is 9.88. The van der Waals surface area contributed by atoms with Crippen LogP contribution in [0.15, 0.2) is 51.7 Å². The molecule has 0 saturated heterocycles. The Bertz CT molecular complexity index is 1230. The molecular weight excluding hydrogens is 390 g/mol. The SMILES string of the molecule is Cn1c(=O)oc2ccc(-c3ccc(C[C@@H](C#N)NC(=O)[C@H]4C[C@@H]5CC[C@H]4C5)cc3)cc21. The maximum Gasteiger partial charge on any atom is 0.419 e. The highest BCUT2D eigenvalue weighted by Crippen LogP contribution is 2.48. The first-order valence-electron chi connectivity index (χ1n) is 10.9. The van der Waals surface area contributed by atoms with Crippen molar-refractivity contribution in [2.24, 2.45) is 24.8 Å². The van der Waals surface area contributed by atoms with Crippen LogP contribution in [0.2, 0.25) is 0 Å². The van der Waals surface area contributed by atoms with Gasteiger partial charge in [-0.1, -0.05) is 36.8 Å². The van der Waals surface area contributed by atoms with Gasteiger partial charge >= 0.3 is 5.76 Å². The molecule has 1 amide bonds. The molecule has 2 aromatic carbocycles. The number of aryl methyl sites for hydroxylation is 1. The summed E-state index contributed by atoms with van der Waals surface area (Å²) in [6.07, 6.45) is 5.05. The van der Waals surface area contributed by atoms with Gasteiger partial charge in [0, 0.05) is 19.4 Å². The van der Waals surface area contributed by atoms with E-state index in [0.29, 0.717) is 23.8 Å². The Balaban J connectivity index is 1.27. The summed E-state index contributed by atoms with van der Waals surface area (Å²) >= 11 is 0. The first-order chi connectivity index (χ1) is 15.0. The van der Waals surface area contributed by atoms with Crippen molar-refractivity contribution in [1.29, 1.82) is 5.26 Å². The number of fused-ring (bicyclic) bond motifs is 3. The fourth-order valence-corrected chi connectivity index (χ4v) is 5.35. The van der Waals surface area contributed by atoms with Crippen molar-refractivity contribution in [3.05, 3.63) is 58.6 Å². The van der Waals surface area contributed by atoms with Crippen LogP contribution < -0.4 is 11.1 Å². The predicted molar refractivity (Wildman–Crippen MR) is 117 cm³/mol. The fourth-order valence-electron chi connectivity index (χ4n) is 5.35. The number of nitriles is 1. The second-order valence-electron chi connectivity index (χ2n) is 8.98. The Kier molecular flexibility index (Phi) is 4.90. The molecule has 1 heterocycles. The van der Waals surface area contributed by atoms with Gasteiger partial charge in [-0.3, -0.25) is 9.36 Å². The van der Waals surface area contributed by atoms with E-state index < -0.39 is 6.04 Å². The first-order valence-corrected chi connectivity index (χ1v) is 10.9. The maximum absolute atomic E-state index is 12.7. The molecule has 1 aromatic heterocycles. The molecule has 6 heteroatoms. The van der Waals surface area contributed by atoms with Crippen LogP contribution >= 0.6 is 0 Å². The van der Waals surface area contributed by atoms with Crippen LogP contribution in [0.25, 0.3) is 22.2 Å². The Morgan fingerprint density at radius 3 is 2.65 bits per heavy atom. The lowest BCUT2D eigenvalue weighted by Gasteiger charge is -2.22. The van der Waals surface area contributed by atoms with Crippen molar-refractivity contribution in [3.8, 4) is 17.2 Å². The number of nitrogens with zero attached hydrogens (tertiary/aromatic N) is 2. The Hall–Kier alpha value is -3.33. The average molecular weight is 415 g/mol. The van der Waals surface area contributed by atoms with Crippen molar-refractivity contribution in [2.75, 3.05) is 0 Å². The molecule has 2 aliphatic carbocycles. The highest BCUT2D eigenvalue weighted by Gasteiger charge is 2.43. The second-order valence-corrected chi connectivity index (χ2v) is 8.98. The van der Waals surface area contributed by atoms with Crippen LogP contribution in [0, 0.1) is 29.1 Å². The van der Waals surface area contributed by atoms with Gasteiger partial charge in [0.25, 0.3) is 0 Å². The number of hydrogen-bond donors (Lipinski definition) is 1. The third-order valence-corrected chi connectivity index (χ3v) is 7.07. The van der Waals surface area contributed by atoms with Gasteiger partial charge < -0.3 is 9.73 Å². The molecule has 5 rings (SSSR count). The third kappa shape index (κ3) is 3.65. The van der Waals surface area contributed by atoms with Crippen LogP contribution in [0.1, 0.15) is 31.2 Å². The van der Waals surface area contributed by atoms with Gasteiger partial charge in [0.15, 0.2) is 5.58 Å². The van der Waals surface area contributed by atoms with E-state index in [1.165, 1.54) is 17.4 Å². The van der Waals surface area contributed by atoms with Crippen LogP contribution in [0.4, 0.5) is 0 Å². The van der Waals surface area contributed by atoms with Gasteiger partial charge in [-0.05, 0) is 59.9 Å². The molecule has 0 spiro atoms. The summed E-state index contributed by atoms with van der Waals surface area (Å²) in [4.78, 5) is 24.4. The number of nitrogens with one attached hydrogen (secondary N) is 1. The van der Waals surface area contributed by atoms with Crippen LogP contribution in [-0.2, 0) is 18.3 Å². The number of amides is 1. The summed E-state index contributed by atoms with van der Waals surface area (Å²) in [6.45, 7) is 0. The number of benzene rings is 2. The molecule has 3 aromatic rings. The number of carbonyl (C=O) groups is 1. The minimum atomic E-state index is -0.519. The van der Waals surface area contributed by atoms with E-state index in [-0.39, 0.29) is 17.6 Å². The van der Waals surface area contributed by atoms with Crippen molar-refractivity contribution in [1.82, 2.24) is 9.88 Å². The molecule has 4 atom stereocenters. The molecule has 0 aliphatic heterocycles. The number of rotatable bonds is 5. The van der Waals surface area contributed by atoms with E-state index in [4.69, 9.17) is 4.42 Å². The molecule has 1 N–H and O–H groups in total. The zero-order valence-electron chi connectivity index (χ0n) is 17.5. The van der Waals surface area contributed by atoms with E-state index >= 15 is 0 Å². The highest BCUT2D eigenvalue weighted by atomic mass is 16.4. The van der Waals surface area contributed by atoms with E-state index in [9.17, 15) is 14.9 Å².